The van der Waals surface area contributed by atoms with Crippen LogP contribution in [0.5, 0.6) is 0 Å². The maximum Gasteiger partial charge on any atom is 0.261 e. The zero-order valence-electron chi connectivity index (χ0n) is 18.1. The van der Waals surface area contributed by atoms with Crippen LogP contribution in [0, 0.1) is 5.92 Å². The van der Waals surface area contributed by atoms with Crippen LogP contribution in [0.15, 0.2) is 59.5 Å². The summed E-state index contributed by atoms with van der Waals surface area (Å²) in [5.41, 5.74) is 0.924. The molecule has 0 unspecified atom stereocenters. The Morgan fingerprint density at radius 2 is 1.41 bits per heavy atom. The molecule has 8 heteroatoms. The lowest BCUT2D eigenvalue weighted by Gasteiger charge is -2.24. The third kappa shape index (κ3) is 5.12. The number of rotatable bonds is 5. The van der Waals surface area contributed by atoms with Crippen molar-refractivity contribution in [2.24, 2.45) is 5.92 Å². The number of nitrogens with one attached hydrogen (secondary N) is 1. The SMILES string of the molecule is O=C(c1ccc(S(=O)(=O)Nc2ccccc2)cc1)N1CCCN(C(=O)C2CCCC2)CC1. The number of hydrogen-bond acceptors (Lipinski definition) is 4. The molecule has 2 amide bonds. The predicted molar refractivity (Wildman–Crippen MR) is 123 cm³/mol. The highest BCUT2D eigenvalue weighted by Crippen LogP contribution is 2.27. The van der Waals surface area contributed by atoms with Gasteiger partial charge in [-0.2, -0.15) is 0 Å². The quantitative estimate of drug-likeness (QED) is 0.749. The summed E-state index contributed by atoms with van der Waals surface area (Å²) in [4.78, 5) is 29.5. The molecule has 0 atom stereocenters. The molecule has 0 aromatic heterocycles. The van der Waals surface area contributed by atoms with E-state index in [-0.39, 0.29) is 22.6 Å². The fourth-order valence-corrected chi connectivity index (χ4v) is 5.51. The van der Waals surface area contributed by atoms with E-state index in [0.29, 0.717) is 37.4 Å². The standard InChI is InChI=1S/C24H29N3O4S/c28-23(19-7-4-5-8-19)26-15-6-16-27(18-17-26)24(29)20-11-13-22(14-12-20)32(30,31)25-21-9-2-1-3-10-21/h1-3,9-14,19,25H,4-8,15-18H2. The van der Waals surface area contributed by atoms with E-state index in [1.807, 2.05) is 11.0 Å². The lowest BCUT2D eigenvalue weighted by molar-refractivity contribution is -0.135. The molecular formula is C24H29N3O4S. The van der Waals surface area contributed by atoms with Gasteiger partial charge in [-0.1, -0.05) is 31.0 Å². The number of hydrogen-bond donors (Lipinski definition) is 1. The van der Waals surface area contributed by atoms with Crippen molar-refractivity contribution in [1.29, 1.82) is 0 Å². The van der Waals surface area contributed by atoms with Gasteiger partial charge in [0, 0.05) is 43.3 Å². The molecule has 4 rings (SSSR count). The largest absolute Gasteiger partial charge is 0.341 e. The molecule has 32 heavy (non-hydrogen) atoms. The van der Waals surface area contributed by atoms with Crippen LogP contribution in [0.1, 0.15) is 42.5 Å². The van der Waals surface area contributed by atoms with Gasteiger partial charge < -0.3 is 9.80 Å². The first kappa shape index (κ1) is 22.3. The average molecular weight is 456 g/mol. The van der Waals surface area contributed by atoms with Gasteiger partial charge in [-0.15, -0.1) is 0 Å². The fourth-order valence-electron chi connectivity index (χ4n) is 4.45. The summed E-state index contributed by atoms with van der Waals surface area (Å²) in [6.07, 6.45) is 4.96. The van der Waals surface area contributed by atoms with E-state index in [1.54, 1.807) is 41.3 Å². The van der Waals surface area contributed by atoms with E-state index in [4.69, 9.17) is 0 Å². The minimum atomic E-state index is -3.73. The average Bonchev–Trinajstić information content (AvgIpc) is 3.23. The first-order valence-electron chi connectivity index (χ1n) is 11.2. The summed E-state index contributed by atoms with van der Waals surface area (Å²) < 4.78 is 27.7. The van der Waals surface area contributed by atoms with Crippen molar-refractivity contribution in [3.63, 3.8) is 0 Å². The Balaban J connectivity index is 1.38. The maximum absolute atomic E-state index is 13.0. The molecule has 1 aliphatic heterocycles. The van der Waals surface area contributed by atoms with Crippen molar-refractivity contribution in [1.82, 2.24) is 9.80 Å². The molecule has 2 aromatic carbocycles. The normalized spacial score (nSPS) is 17.8. The highest BCUT2D eigenvalue weighted by Gasteiger charge is 2.29. The third-order valence-corrected chi connectivity index (χ3v) is 7.63. The van der Waals surface area contributed by atoms with E-state index >= 15 is 0 Å². The number of amides is 2. The van der Waals surface area contributed by atoms with Crippen molar-refractivity contribution >= 4 is 27.5 Å². The van der Waals surface area contributed by atoms with Gasteiger partial charge in [0.2, 0.25) is 5.91 Å². The van der Waals surface area contributed by atoms with Crippen molar-refractivity contribution in [2.75, 3.05) is 30.9 Å². The van der Waals surface area contributed by atoms with Crippen molar-refractivity contribution in [2.45, 2.75) is 37.0 Å². The van der Waals surface area contributed by atoms with Gasteiger partial charge in [-0.3, -0.25) is 14.3 Å². The Morgan fingerprint density at radius 3 is 2.09 bits per heavy atom. The van der Waals surface area contributed by atoms with Crippen LogP contribution in [0.2, 0.25) is 0 Å². The summed E-state index contributed by atoms with van der Waals surface area (Å²) in [5, 5.41) is 0. The Bertz CT molecular complexity index is 1050. The molecule has 0 bridgehead atoms. The molecule has 1 N–H and O–H groups in total. The molecule has 0 radical (unpaired) electrons. The minimum Gasteiger partial charge on any atom is -0.341 e. The molecule has 0 spiro atoms. The lowest BCUT2D eigenvalue weighted by atomic mass is 10.1. The van der Waals surface area contributed by atoms with Crippen LogP contribution in [-0.2, 0) is 14.8 Å². The number of sulfonamides is 1. The fraction of sp³-hybridized carbons (Fsp3) is 0.417. The van der Waals surface area contributed by atoms with Gasteiger partial charge in [0.15, 0.2) is 0 Å². The summed E-state index contributed by atoms with van der Waals surface area (Å²) in [6, 6.07) is 14.7. The third-order valence-electron chi connectivity index (χ3n) is 6.24. The van der Waals surface area contributed by atoms with Crippen LogP contribution in [-0.4, -0.2) is 56.2 Å². The summed E-state index contributed by atoms with van der Waals surface area (Å²) in [6.45, 7) is 2.31. The topological polar surface area (TPSA) is 86.8 Å². The Labute approximate surface area is 189 Å². The molecule has 2 aliphatic rings. The molecular weight excluding hydrogens is 426 g/mol. The highest BCUT2D eigenvalue weighted by molar-refractivity contribution is 7.92. The van der Waals surface area contributed by atoms with Gasteiger partial charge in [0.25, 0.3) is 15.9 Å². The first-order chi connectivity index (χ1) is 15.4. The molecule has 1 aliphatic carbocycles. The molecule has 1 saturated carbocycles. The van der Waals surface area contributed by atoms with Crippen molar-refractivity contribution in [3.05, 3.63) is 60.2 Å². The van der Waals surface area contributed by atoms with Gasteiger partial charge >= 0.3 is 0 Å². The summed E-state index contributed by atoms with van der Waals surface area (Å²) >= 11 is 0. The maximum atomic E-state index is 13.0. The Hall–Kier alpha value is -2.87. The number of para-hydroxylation sites is 1. The second kappa shape index (κ2) is 9.73. The van der Waals surface area contributed by atoms with E-state index < -0.39 is 10.0 Å². The van der Waals surface area contributed by atoms with Crippen LogP contribution < -0.4 is 4.72 Å². The van der Waals surface area contributed by atoms with Crippen molar-refractivity contribution in [3.8, 4) is 0 Å². The summed E-state index contributed by atoms with van der Waals surface area (Å²) in [5.74, 6) is 0.244. The van der Waals surface area contributed by atoms with Crippen molar-refractivity contribution < 1.29 is 18.0 Å². The summed E-state index contributed by atoms with van der Waals surface area (Å²) in [7, 11) is -3.73. The van der Waals surface area contributed by atoms with E-state index in [1.165, 1.54) is 12.1 Å². The van der Waals surface area contributed by atoms with Gasteiger partial charge in [-0.25, -0.2) is 8.42 Å². The lowest BCUT2D eigenvalue weighted by Crippen LogP contribution is -2.39. The molecule has 1 saturated heterocycles. The van der Waals surface area contributed by atoms with Gasteiger partial charge in [0.1, 0.15) is 0 Å². The number of anilines is 1. The highest BCUT2D eigenvalue weighted by atomic mass is 32.2. The molecule has 1 heterocycles. The Kier molecular flexibility index (Phi) is 6.79. The monoisotopic (exact) mass is 455 g/mol. The second-order valence-corrected chi connectivity index (χ2v) is 10.1. The Morgan fingerprint density at radius 1 is 0.781 bits per heavy atom. The second-order valence-electron chi connectivity index (χ2n) is 8.45. The van der Waals surface area contributed by atoms with Crippen LogP contribution in [0.4, 0.5) is 5.69 Å². The predicted octanol–water partition coefficient (Wildman–Crippen LogP) is 3.35. The van der Waals surface area contributed by atoms with E-state index in [9.17, 15) is 18.0 Å². The van der Waals surface area contributed by atoms with Gasteiger partial charge in [-0.05, 0) is 55.7 Å². The first-order valence-corrected chi connectivity index (χ1v) is 12.7. The van der Waals surface area contributed by atoms with Crippen LogP contribution in [0.3, 0.4) is 0 Å². The number of carbonyl (C=O) groups excluding carboxylic acids is 2. The van der Waals surface area contributed by atoms with Gasteiger partial charge in [0.05, 0.1) is 4.90 Å². The molecule has 170 valence electrons. The number of benzene rings is 2. The van der Waals surface area contributed by atoms with E-state index in [0.717, 1.165) is 32.1 Å². The molecule has 7 nitrogen and oxygen atoms in total. The smallest absolute Gasteiger partial charge is 0.261 e. The number of carbonyl (C=O) groups is 2. The van der Waals surface area contributed by atoms with E-state index in [2.05, 4.69) is 4.72 Å². The minimum absolute atomic E-state index is 0.0992. The zero-order valence-corrected chi connectivity index (χ0v) is 18.9. The molecule has 2 aromatic rings. The molecule has 2 fully saturated rings. The number of nitrogens with zero attached hydrogens (tertiary/aromatic N) is 2. The van der Waals surface area contributed by atoms with Crippen LogP contribution in [0.25, 0.3) is 0 Å². The van der Waals surface area contributed by atoms with Crippen LogP contribution >= 0.6 is 0 Å². The zero-order chi connectivity index (χ0) is 22.6.